The van der Waals surface area contributed by atoms with Crippen LogP contribution in [0.3, 0.4) is 0 Å². The molecular formula is C21H17ClFN5O3. The lowest BCUT2D eigenvalue weighted by Gasteiger charge is -2.28. The van der Waals surface area contributed by atoms with Crippen LogP contribution in [0.2, 0.25) is 5.02 Å². The van der Waals surface area contributed by atoms with Crippen molar-refractivity contribution in [3.8, 4) is 0 Å². The van der Waals surface area contributed by atoms with Gasteiger partial charge in [0.1, 0.15) is 11.9 Å². The van der Waals surface area contributed by atoms with E-state index in [0.29, 0.717) is 16.4 Å². The molecule has 1 aliphatic heterocycles. The maximum Gasteiger partial charge on any atom is 0.378 e. The number of amides is 1. The van der Waals surface area contributed by atoms with E-state index in [2.05, 4.69) is 25.5 Å². The highest BCUT2D eigenvalue weighted by Crippen LogP contribution is 2.36. The average molecular weight is 442 g/mol. The fourth-order valence-corrected chi connectivity index (χ4v) is 3.46. The number of hydrogen-bond acceptors (Lipinski definition) is 6. The van der Waals surface area contributed by atoms with Gasteiger partial charge in [0.15, 0.2) is 0 Å². The van der Waals surface area contributed by atoms with Gasteiger partial charge >= 0.3 is 5.97 Å². The van der Waals surface area contributed by atoms with Crippen molar-refractivity contribution in [2.75, 3.05) is 17.7 Å². The molecule has 1 atom stereocenters. The standard InChI is InChI=1S/C21H17ClFN5O3/c1-11-16(19(29)25-13-9-7-12(22)8-10-13)17(14-5-3-4-6-15(14)23)28-21(24-11)26-18(27-28)20(30)31-2/h3-10,17H,1-2H3,(H,25,29)(H,24,26,27)/t17-/m1/s1. The molecule has 158 valence electrons. The maximum absolute atomic E-state index is 14.8. The van der Waals surface area contributed by atoms with Gasteiger partial charge < -0.3 is 15.4 Å². The number of anilines is 2. The summed E-state index contributed by atoms with van der Waals surface area (Å²) in [4.78, 5) is 29.3. The summed E-state index contributed by atoms with van der Waals surface area (Å²) >= 11 is 5.91. The fraction of sp³-hybridized carbons (Fsp3) is 0.143. The molecule has 31 heavy (non-hydrogen) atoms. The molecule has 1 aromatic heterocycles. The number of rotatable bonds is 4. The summed E-state index contributed by atoms with van der Waals surface area (Å²) in [6, 6.07) is 11.7. The van der Waals surface area contributed by atoms with Crippen molar-refractivity contribution >= 4 is 35.1 Å². The topological polar surface area (TPSA) is 98.1 Å². The van der Waals surface area contributed by atoms with Crippen LogP contribution in [-0.4, -0.2) is 33.8 Å². The Labute approximate surface area is 181 Å². The number of methoxy groups -OCH3 is 1. The highest BCUT2D eigenvalue weighted by Gasteiger charge is 2.36. The summed E-state index contributed by atoms with van der Waals surface area (Å²) in [5.41, 5.74) is 1.37. The Morgan fingerprint density at radius 1 is 1.19 bits per heavy atom. The third kappa shape index (κ3) is 3.87. The number of benzene rings is 2. The lowest BCUT2D eigenvalue weighted by Crippen LogP contribution is -2.32. The SMILES string of the molecule is COC(=O)c1nc2n(n1)[C@H](c1ccccc1F)C(C(=O)Nc1ccc(Cl)cc1)=C(C)N2. The number of aromatic nitrogens is 3. The third-order valence-electron chi connectivity index (χ3n) is 4.77. The molecule has 1 aliphatic rings. The van der Waals surface area contributed by atoms with Crippen LogP contribution in [0.4, 0.5) is 16.0 Å². The number of carbonyl (C=O) groups excluding carboxylic acids is 2. The molecular weight excluding hydrogens is 425 g/mol. The zero-order valence-electron chi connectivity index (χ0n) is 16.5. The van der Waals surface area contributed by atoms with Gasteiger partial charge in [0, 0.05) is 22.0 Å². The number of esters is 1. The van der Waals surface area contributed by atoms with E-state index in [1.54, 1.807) is 49.4 Å². The van der Waals surface area contributed by atoms with Crippen LogP contribution in [0.5, 0.6) is 0 Å². The molecule has 8 nitrogen and oxygen atoms in total. The summed E-state index contributed by atoms with van der Waals surface area (Å²) in [6.07, 6.45) is 0. The normalized spacial score (nSPS) is 15.2. The first-order chi connectivity index (χ1) is 14.9. The van der Waals surface area contributed by atoms with E-state index in [0.717, 1.165) is 0 Å². The predicted octanol–water partition coefficient (Wildman–Crippen LogP) is 3.78. The first-order valence-electron chi connectivity index (χ1n) is 9.23. The average Bonchev–Trinajstić information content (AvgIpc) is 3.18. The summed E-state index contributed by atoms with van der Waals surface area (Å²) in [6.45, 7) is 1.67. The van der Waals surface area contributed by atoms with E-state index in [9.17, 15) is 14.0 Å². The number of ether oxygens (including phenoxy) is 1. The Morgan fingerprint density at radius 2 is 1.90 bits per heavy atom. The molecule has 0 fully saturated rings. The molecule has 4 rings (SSSR count). The number of carbonyl (C=O) groups is 2. The Balaban J connectivity index is 1.81. The van der Waals surface area contributed by atoms with Gasteiger partial charge in [0.05, 0.1) is 12.7 Å². The molecule has 0 bridgehead atoms. The molecule has 10 heteroatoms. The van der Waals surface area contributed by atoms with Crippen LogP contribution in [-0.2, 0) is 9.53 Å². The van der Waals surface area contributed by atoms with Gasteiger partial charge in [-0.3, -0.25) is 4.79 Å². The second kappa shape index (κ2) is 8.19. The largest absolute Gasteiger partial charge is 0.463 e. The molecule has 3 aromatic rings. The number of hydrogen-bond donors (Lipinski definition) is 2. The van der Waals surface area contributed by atoms with Crippen molar-refractivity contribution in [1.29, 1.82) is 0 Å². The molecule has 2 heterocycles. The Bertz CT molecular complexity index is 1210. The van der Waals surface area contributed by atoms with E-state index in [-0.39, 0.29) is 22.9 Å². The van der Waals surface area contributed by atoms with Crippen LogP contribution in [0.25, 0.3) is 0 Å². The van der Waals surface area contributed by atoms with Crippen molar-refractivity contribution in [2.24, 2.45) is 0 Å². The predicted molar refractivity (Wildman–Crippen MR) is 112 cm³/mol. The van der Waals surface area contributed by atoms with Crippen LogP contribution in [0.1, 0.15) is 29.1 Å². The van der Waals surface area contributed by atoms with Crippen LogP contribution >= 0.6 is 11.6 Å². The maximum atomic E-state index is 14.8. The highest BCUT2D eigenvalue weighted by molar-refractivity contribution is 6.30. The second-order valence-corrected chi connectivity index (χ2v) is 7.18. The zero-order chi connectivity index (χ0) is 22.1. The first kappa shape index (κ1) is 20.5. The van der Waals surface area contributed by atoms with Gasteiger partial charge in [-0.05, 0) is 37.3 Å². The molecule has 2 N–H and O–H groups in total. The molecule has 0 unspecified atom stereocenters. The van der Waals surface area contributed by atoms with Crippen molar-refractivity contribution in [3.63, 3.8) is 0 Å². The fourth-order valence-electron chi connectivity index (χ4n) is 3.34. The Kier molecular flexibility index (Phi) is 5.43. The summed E-state index contributed by atoms with van der Waals surface area (Å²) in [7, 11) is 1.21. The van der Waals surface area contributed by atoms with Crippen LogP contribution < -0.4 is 10.6 Å². The quantitative estimate of drug-likeness (QED) is 0.598. The number of halogens is 2. The number of nitrogens with zero attached hydrogens (tertiary/aromatic N) is 3. The minimum atomic E-state index is -0.962. The molecule has 0 saturated heterocycles. The summed E-state index contributed by atoms with van der Waals surface area (Å²) in [5, 5.41) is 10.5. The van der Waals surface area contributed by atoms with Crippen LogP contribution in [0.15, 0.2) is 59.8 Å². The molecule has 0 aliphatic carbocycles. The second-order valence-electron chi connectivity index (χ2n) is 6.74. The van der Waals surface area contributed by atoms with Gasteiger partial charge in [-0.2, -0.15) is 4.98 Å². The van der Waals surface area contributed by atoms with Gasteiger partial charge in [-0.15, -0.1) is 5.10 Å². The van der Waals surface area contributed by atoms with Gasteiger partial charge in [0.2, 0.25) is 5.95 Å². The number of nitrogens with one attached hydrogen (secondary N) is 2. The lowest BCUT2D eigenvalue weighted by molar-refractivity contribution is -0.113. The van der Waals surface area contributed by atoms with Crippen molar-refractivity contribution < 1.29 is 18.7 Å². The third-order valence-corrected chi connectivity index (χ3v) is 5.02. The smallest absolute Gasteiger partial charge is 0.378 e. The monoisotopic (exact) mass is 441 g/mol. The highest BCUT2D eigenvalue weighted by atomic mass is 35.5. The molecule has 2 aromatic carbocycles. The van der Waals surface area contributed by atoms with E-state index in [1.807, 2.05) is 0 Å². The Hall–Kier alpha value is -3.72. The lowest BCUT2D eigenvalue weighted by atomic mass is 9.94. The van der Waals surface area contributed by atoms with Gasteiger partial charge in [-0.1, -0.05) is 29.8 Å². The van der Waals surface area contributed by atoms with E-state index < -0.39 is 23.7 Å². The summed E-state index contributed by atoms with van der Waals surface area (Å²) in [5.74, 6) is -1.77. The van der Waals surface area contributed by atoms with Crippen molar-refractivity contribution in [2.45, 2.75) is 13.0 Å². The molecule has 1 amide bonds. The molecule has 0 radical (unpaired) electrons. The Morgan fingerprint density at radius 3 is 2.58 bits per heavy atom. The van der Waals surface area contributed by atoms with Gasteiger partial charge in [0.25, 0.3) is 11.7 Å². The number of allylic oxidation sites excluding steroid dienone is 1. The minimum Gasteiger partial charge on any atom is -0.463 e. The van der Waals surface area contributed by atoms with Gasteiger partial charge in [-0.25, -0.2) is 13.9 Å². The van der Waals surface area contributed by atoms with Crippen LogP contribution in [0, 0.1) is 5.82 Å². The zero-order valence-corrected chi connectivity index (χ0v) is 17.3. The van der Waals surface area contributed by atoms with E-state index >= 15 is 0 Å². The summed E-state index contributed by atoms with van der Waals surface area (Å²) < 4.78 is 20.8. The van der Waals surface area contributed by atoms with Crippen molar-refractivity contribution in [3.05, 3.63) is 82.0 Å². The minimum absolute atomic E-state index is 0.189. The first-order valence-corrected chi connectivity index (χ1v) is 9.61. The van der Waals surface area contributed by atoms with Crippen molar-refractivity contribution in [1.82, 2.24) is 14.8 Å². The van der Waals surface area contributed by atoms with E-state index in [1.165, 1.54) is 17.9 Å². The van der Waals surface area contributed by atoms with E-state index in [4.69, 9.17) is 11.6 Å². The number of fused-ring (bicyclic) bond motifs is 1. The molecule has 0 saturated carbocycles. The molecule has 0 spiro atoms.